The lowest BCUT2D eigenvalue weighted by molar-refractivity contribution is -0.150. The highest BCUT2D eigenvalue weighted by Gasteiger charge is 2.50. The first-order valence-corrected chi connectivity index (χ1v) is 7.42. The van der Waals surface area contributed by atoms with Gasteiger partial charge < -0.3 is 9.69 Å². The minimum Gasteiger partial charge on any atom is -0.339 e. The Balaban J connectivity index is 2.18. The lowest BCUT2D eigenvalue weighted by Gasteiger charge is -2.55. The highest BCUT2D eigenvalue weighted by atomic mass is 16.2. The Labute approximate surface area is 116 Å². The summed E-state index contributed by atoms with van der Waals surface area (Å²) >= 11 is 0. The first-order chi connectivity index (χ1) is 8.63. The van der Waals surface area contributed by atoms with Gasteiger partial charge in [0.1, 0.15) is 5.78 Å². The normalized spacial score (nSPS) is 32.9. The van der Waals surface area contributed by atoms with Crippen LogP contribution in [-0.2, 0) is 9.59 Å². The SMILES string of the molecule is CC(=O)CC1C(C)(C)CC(N2CCC2=O)CC1(C)C. The molecule has 0 aromatic rings. The van der Waals surface area contributed by atoms with E-state index in [1.807, 2.05) is 4.90 Å². The van der Waals surface area contributed by atoms with Gasteiger partial charge in [0.25, 0.3) is 0 Å². The summed E-state index contributed by atoms with van der Waals surface area (Å²) in [6.07, 6.45) is 3.44. The van der Waals surface area contributed by atoms with Crippen LogP contribution in [0.2, 0.25) is 0 Å². The Hall–Kier alpha value is -0.860. The fraction of sp³-hybridized carbons (Fsp3) is 0.875. The zero-order valence-corrected chi connectivity index (χ0v) is 13.0. The third kappa shape index (κ3) is 2.70. The molecule has 0 atom stereocenters. The van der Waals surface area contributed by atoms with E-state index >= 15 is 0 Å². The molecule has 2 fully saturated rings. The molecule has 2 rings (SSSR count). The second-order valence-electron chi connectivity index (χ2n) is 7.84. The van der Waals surface area contributed by atoms with Gasteiger partial charge in [0.2, 0.25) is 5.91 Å². The van der Waals surface area contributed by atoms with Crippen molar-refractivity contribution in [1.82, 2.24) is 4.90 Å². The van der Waals surface area contributed by atoms with Crippen molar-refractivity contribution in [2.45, 2.75) is 66.3 Å². The molecule has 0 spiro atoms. The second kappa shape index (κ2) is 4.60. The molecule has 108 valence electrons. The molecule has 2 aliphatic rings. The van der Waals surface area contributed by atoms with Gasteiger partial charge in [0.15, 0.2) is 0 Å². The molecule has 0 aromatic heterocycles. The van der Waals surface area contributed by atoms with Gasteiger partial charge in [0, 0.05) is 25.4 Å². The topological polar surface area (TPSA) is 37.4 Å². The molecule has 1 aliphatic heterocycles. The van der Waals surface area contributed by atoms with Gasteiger partial charge >= 0.3 is 0 Å². The van der Waals surface area contributed by atoms with Crippen molar-refractivity contribution in [3.63, 3.8) is 0 Å². The number of carbonyl (C=O) groups is 2. The van der Waals surface area contributed by atoms with Crippen LogP contribution in [0.5, 0.6) is 0 Å². The molecule has 19 heavy (non-hydrogen) atoms. The summed E-state index contributed by atoms with van der Waals surface area (Å²) in [6.45, 7) is 11.7. The number of amides is 1. The number of hydrogen-bond donors (Lipinski definition) is 0. The van der Waals surface area contributed by atoms with E-state index in [1.54, 1.807) is 6.92 Å². The predicted octanol–water partition coefficient (Wildman–Crippen LogP) is 3.03. The highest BCUT2D eigenvalue weighted by molar-refractivity contribution is 5.82. The number of rotatable bonds is 3. The van der Waals surface area contributed by atoms with Gasteiger partial charge in [-0.1, -0.05) is 27.7 Å². The number of likely N-dealkylation sites (tertiary alicyclic amines) is 1. The van der Waals surface area contributed by atoms with Gasteiger partial charge in [-0.15, -0.1) is 0 Å². The average Bonchev–Trinajstić information content (AvgIpc) is 2.20. The highest BCUT2D eigenvalue weighted by Crippen LogP contribution is 2.53. The van der Waals surface area contributed by atoms with Crippen LogP contribution in [0.1, 0.15) is 60.3 Å². The molecule has 3 heteroatoms. The number of ketones is 1. The van der Waals surface area contributed by atoms with Crippen LogP contribution in [0.15, 0.2) is 0 Å². The van der Waals surface area contributed by atoms with Gasteiger partial charge in [-0.05, 0) is 36.5 Å². The van der Waals surface area contributed by atoms with Crippen LogP contribution in [-0.4, -0.2) is 29.2 Å². The third-order valence-electron chi connectivity index (χ3n) is 5.23. The summed E-state index contributed by atoms with van der Waals surface area (Å²) in [5.74, 6) is 0.997. The zero-order chi connectivity index (χ0) is 14.4. The van der Waals surface area contributed by atoms with Gasteiger partial charge in [0.05, 0.1) is 0 Å². The number of carbonyl (C=O) groups excluding carboxylic acids is 2. The number of Topliss-reactive ketones (excluding diaryl/α,β-unsaturated/α-hetero) is 1. The van der Waals surface area contributed by atoms with E-state index in [0.717, 1.165) is 19.4 Å². The third-order valence-corrected chi connectivity index (χ3v) is 5.23. The smallest absolute Gasteiger partial charge is 0.224 e. The average molecular weight is 265 g/mol. The molecule has 0 radical (unpaired) electrons. The van der Waals surface area contributed by atoms with E-state index in [1.165, 1.54) is 0 Å². The number of β-lactam (4-membered cyclic amide) rings is 1. The van der Waals surface area contributed by atoms with Gasteiger partial charge in [-0.25, -0.2) is 0 Å². The quantitative estimate of drug-likeness (QED) is 0.736. The summed E-state index contributed by atoms with van der Waals surface area (Å²) in [4.78, 5) is 25.3. The van der Waals surface area contributed by atoms with Crippen molar-refractivity contribution in [2.75, 3.05) is 6.54 Å². The minimum atomic E-state index is 0.119. The van der Waals surface area contributed by atoms with Crippen molar-refractivity contribution in [2.24, 2.45) is 16.7 Å². The van der Waals surface area contributed by atoms with Crippen molar-refractivity contribution in [1.29, 1.82) is 0 Å². The summed E-state index contributed by atoms with van der Waals surface area (Å²) in [5, 5.41) is 0. The maximum atomic E-state index is 11.7. The van der Waals surface area contributed by atoms with E-state index < -0.39 is 0 Å². The van der Waals surface area contributed by atoms with Crippen molar-refractivity contribution in [3.8, 4) is 0 Å². The molecule has 0 unspecified atom stereocenters. The summed E-state index contributed by atoms with van der Waals surface area (Å²) in [6, 6.07) is 0.370. The second-order valence-corrected chi connectivity index (χ2v) is 7.84. The van der Waals surface area contributed by atoms with Crippen molar-refractivity contribution >= 4 is 11.7 Å². The number of hydrogen-bond acceptors (Lipinski definition) is 2. The van der Waals surface area contributed by atoms with Crippen LogP contribution in [0.25, 0.3) is 0 Å². The van der Waals surface area contributed by atoms with Crippen LogP contribution >= 0.6 is 0 Å². The Morgan fingerprint density at radius 2 is 1.74 bits per heavy atom. The van der Waals surface area contributed by atoms with E-state index in [-0.39, 0.29) is 16.6 Å². The van der Waals surface area contributed by atoms with Crippen LogP contribution in [0.4, 0.5) is 0 Å². The number of nitrogens with zero attached hydrogens (tertiary/aromatic N) is 1. The molecule has 1 amide bonds. The van der Waals surface area contributed by atoms with E-state index in [2.05, 4.69) is 27.7 Å². The fourth-order valence-corrected chi connectivity index (χ4v) is 4.41. The Kier molecular flexibility index (Phi) is 3.53. The molecule has 0 N–H and O–H groups in total. The predicted molar refractivity (Wildman–Crippen MR) is 75.7 cm³/mol. The van der Waals surface area contributed by atoms with E-state index in [9.17, 15) is 9.59 Å². The minimum absolute atomic E-state index is 0.119. The molecule has 1 heterocycles. The largest absolute Gasteiger partial charge is 0.339 e. The molecule has 0 aromatic carbocycles. The van der Waals surface area contributed by atoms with Crippen molar-refractivity contribution < 1.29 is 9.59 Å². The van der Waals surface area contributed by atoms with Crippen molar-refractivity contribution in [3.05, 3.63) is 0 Å². The summed E-state index contributed by atoms with van der Waals surface area (Å²) in [7, 11) is 0. The van der Waals surface area contributed by atoms with Crippen LogP contribution in [0, 0.1) is 16.7 Å². The Bertz CT molecular complexity index is 380. The van der Waals surface area contributed by atoms with Gasteiger partial charge in [-0.3, -0.25) is 4.79 Å². The van der Waals surface area contributed by atoms with Crippen LogP contribution < -0.4 is 0 Å². The molecule has 1 aliphatic carbocycles. The fourth-order valence-electron chi connectivity index (χ4n) is 4.41. The maximum absolute atomic E-state index is 11.7. The van der Waals surface area contributed by atoms with Crippen LogP contribution in [0.3, 0.4) is 0 Å². The standard InChI is InChI=1S/C16H27NO2/c1-11(18)8-13-15(2,3)9-12(10-16(13,4)5)17-7-6-14(17)19/h12-13H,6-10H2,1-5H3. The molecule has 3 nitrogen and oxygen atoms in total. The monoisotopic (exact) mass is 265 g/mol. The molecule has 1 saturated carbocycles. The first kappa shape index (κ1) is 14.5. The van der Waals surface area contributed by atoms with E-state index in [0.29, 0.717) is 30.7 Å². The summed E-state index contributed by atoms with van der Waals surface area (Å²) < 4.78 is 0. The summed E-state index contributed by atoms with van der Waals surface area (Å²) in [5.41, 5.74) is 0.238. The zero-order valence-electron chi connectivity index (χ0n) is 13.0. The Morgan fingerprint density at radius 1 is 1.21 bits per heavy atom. The van der Waals surface area contributed by atoms with E-state index in [4.69, 9.17) is 0 Å². The molecular formula is C16H27NO2. The lowest BCUT2D eigenvalue weighted by Crippen LogP contribution is -2.57. The van der Waals surface area contributed by atoms with Gasteiger partial charge in [-0.2, -0.15) is 0 Å². The maximum Gasteiger partial charge on any atom is 0.224 e. The Morgan fingerprint density at radius 3 is 2.05 bits per heavy atom. The molecular weight excluding hydrogens is 238 g/mol. The molecule has 1 saturated heterocycles. The first-order valence-electron chi connectivity index (χ1n) is 7.42. The lowest BCUT2D eigenvalue weighted by atomic mass is 9.54. The molecule has 0 bridgehead atoms.